The van der Waals surface area contributed by atoms with Crippen molar-refractivity contribution in [3.8, 4) is 0 Å². The van der Waals surface area contributed by atoms with E-state index in [-0.39, 0.29) is 6.03 Å². The van der Waals surface area contributed by atoms with Gasteiger partial charge >= 0.3 is 6.03 Å². The Morgan fingerprint density at radius 1 is 1.53 bits per heavy atom. The SMILES string of the molecule is CCOCCN(C)C(=O)NC[C@@H]1CC=CCC1. The second-order valence-corrected chi connectivity index (χ2v) is 4.46. The lowest BCUT2D eigenvalue weighted by Gasteiger charge is -2.22. The van der Waals surface area contributed by atoms with E-state index < -0.39 is 0 Å². The van der Waals surface area contributed by atoms with Crippen molar-refractivity contribution in [1.82, 2.24) is 10.2 Å². The van der Waals surface area contributed by atoms with E-state index in [0.29, 0.717) is 25.7 Å². The lowest BCUT2D eigenvalue weighted by molar-refractivity contribution is 0.125. The molecule has 17 heavy (non-hydrogen) atoms. The molecule has 2 amide bonds. The van der Waals surface area contributed by atoms with Crippen molar-refractivity contribution in [2.75, 3.05) is 33.4 Å². The largest absolute Gasteiger partial charge is 0.380 e. The number of likely N-dealkylation sites (N-methyl/N-ethyl adjacent to an activating group) is 1. The monoisotopic (exact) mass is 240 g/mol. The minimum atomic E-state index is -0.000689. The zero-order chi connectivity index (χ0) is 12.5. The maximum absolute atomic E-state index is 11.7. The number of nitrogens with zero attached hydrogens (tertiary/aromatic N) is 1. The van der Waals surface area contributed by atoms with Crippen LogP contribution >= 0.6 is 0 Å². The summed E-state index contributed by atoms with van der Waals surface area (Å²) >= 11 is 0. The lowest BCUT2D eigenvalue weighted by Crippen LogP contribution is -2.41. The highest BCUT2D eigenvalue weighted by Gasteiger charge is 2.13. The zero-order valence-corrected chi connectivity index (χ0v) is 10.9. The summed E-state index contributed by atoms with van der Waals surface area (Å²) in [6.07, 6.45) is 7.83. The first-order valence-corrected chi connectivity index (χ1v) is 6.45. The molecule has 0 aromatic rings. The summed E-state index contributed by atoms with van der Waals surface area (Å²) in [5, 5.41) is 2.98. The van der Waals surface area contributed by atoms with Crippen molar-refractivity contribution in [3.63, 3.8) is 0 Å². The molecule has 1 aliphatic rings. The van der Waals surface area contributed by atoms with Gasteiger partial charge < -0.3 is 15.0 Å². The van der Waals surface area contributed by atoms with Gasteiger partial charge in [-0.3, -0.25) is 0 Å². The number of amides is 2. The molecule has 0 bridgehead atoms. The van der Waals surface area contributed by atoms with Crippen LogP contribution in [0.2, 0.25) is 0 Å². The maximum Gasteiger partial charge on any atom is 0.317 e. The van der Waals surface area contributed by atoms with Crippen LogP contribution in [-0.2, 0) is 4.74 Å². The smallest absolute Gasteiger partial charge is 0.317 e. The molecule has 0 aromatic carbocycles. The van der Waals surface area contributed by atoms with Gasteiger partial charge in [0.1, 0.15) is 0 Å². The van der Waals surface area contributed by atoms with Crippen LogP contribution in [0.15, 0.2) is 12.2 Å². The van der Waals surface area contributed by atoms with Crippen LogP contribution in [0.1, 0.15) is 26.2 Å². The zero-order valence-electron chi connectivity index (χ0n) is 10.9. The van der Waals surface area contributed by atoms with Gasteiger partial charge in [-0.1, -0.05) is 12.2 Å². The number of nitrogens with one attached hydrogen (secondary N) is 1. The van der Waals surface area contributed by atoms with Gasteiger partial charge in [0.25, 0.3) is 0 Å². The molecule has 1 rings (SSSR count). The fourth-order valence-corrected chi connectivity index (χ4v) is 1.86. The van der Waals surface area contributed by atoms with Crippen molar-refractivity contribution >= 4 is 6.03 Å². The third-order valence-corrected chi connectivity index (χ3v) is 3.04. The molecule has 0 fully saturated rings. The summed E-state index contributed by atoms with van der Waals surface area (Å²) in [4.78, 5) is 13.4. The number of carbonyl (C=O) groups excluding carboxylic acids is 1. The number of ether oxygens (including phenoxy) is 1. The van der Waals surface area contributed by atoms with Crippen molar-refractivity contribution in [3.05, 3.63) is 12.2 Å². The van der Waals surface area contributed by atoms with Gasteiger partial charge in [0.05, 0.1) is 6.61 Å². The second-order valence-electron chi connectivity index (χ2n) is 4.46. The molecule has 0 saturated carbocycles. The molecule has 1 aliphatic carbocycles. The fourth-order valence-electron chi connectivity index (χ4n) is 1.86. The van der Waals surface area contributed by atoms with Crippen LogP contribution < -0.4 is 5.32 Å². The Bertz CT molecular complexity index is 254. The molecular weight excluding hydrogens is 216 g/mol. The number of carbonyl (C=O) groups is 1. The maximum atomic E-state index is 11.7. The van der Waals surface area contributed by atoms with Gasteiger partial charge in [-0.25, -0.2) is 4.79 Å². The van der Waals surface area contributed by atoms with E-state index in [4.69, 9.17) is 4.74 Å². The molecule has 0 unspecified atom stereocenters. The third-order valence-electron chi connectivity index (χ3n) is 3.04. The molecule has 4 nitrogen and oxygen atoms in total. The van der Waals surface area contributed by atoms with Crippen LogP contribution in [0.5, 0.6) is 0 Å². The first-order chi connectivity index (χ1) is 8.24. The summed E-state index contributed by atoms with van der Waals surface area (Å²) < 4.78 is 5.22. The van der Waals surface area contributed by atoms with Crippen molar-refractivity contribution in [2.45, 2.75) is 26.2 Å². The molecule has 4 heteroatoms. The Morgan fingerprint density at radius 3 is 3.00 bits per heavy atom. The van der Waals surface area contributed by atoms with Gasteiger partial charge in [0.15, 0.2) is 0 Å². The summed E-state index contributed by atoms with van der Waals surface area (Å²) in [6.45, 7) is 4.68. The summed E-state index contributed by atoms with van der Waals surface area (Å²) in [5.41, 5.74) is 0. The van der Waals surface area contributed by atoms with Gasteiger partial charge in [-0.15, -0.1) is 0 Å². The quantitative estimate of drug-likeness (QED) is 0.570. The molecule has 0 spiro atoms. The van der Waals surface area contributed by atoms with Gasteiger partial charge in [-0.2, -0.15) is 0 Å². The van der Waals surface area contributed by atoms with Crippen LogP contribution in [0.4, 0.5) is 4.79 Å². The van der Waals surface area contributed by atoms with Crippen LogP contribution in [-0.4, -0.2) is 44.3 Å². The number of urea groups is 1. The van der Waals surface area contributed by atoms with Crippen molar-refractivity contribution in [1.29, 1.82) is 0 Å². The Labute approximate surface area is 104 Å². The van der Waals surface area contributed by atoms with E-state index in [1.165, 1.54) is 6.42 Å². The molecule has 1 N–H and O–H groups in total. The number of hydrogen-bond acceptors (Lipinski definition) is 2. The minimum absolute atomic E-state index is 0.000689. The number of allylic oxidation sites excluding steroid dienone is 2. The normalized spacial score (nSPS) is 19.1. The summed E-state index contributed by atoms with van der Waals surface area (Å²) in [7, 11) is 1.80. The summed E-state index contributed by atoms with van der Waals surface area (Å²) in [5.74, 6) is 0.601. The molecule has 1 atom stereocenters. The average Bonchev–Trinajstić information content (AvgIpc) is 2.37. The highest BCUT2D eigenvalue weighted by atomic mass is 16.5. The lowest BCUT2D eigenvalue weighted by atomic mass is 9.94. The third kappa shape index (κ3) is 5.73. The van der Waals surface area contributed by atoms with E-state index >= 15 is 0 Å². The van der Waals surface area contributed by atoms with Gasteiger partial charge in [-0.05, 0) is 32.1 Å². The number of rotatable bonds is 6. The Kier molecular flexibility index (Phi) is 6.70. The molecular formula is C13H24N2O2. The standard InChI is InChI=1S/C13H24N2O2/c1-3-17-10-9-15(2)13(16)14-11-12-7-5-4-6-8-12/h4-5,12H,3,6-11H2,1-2H3,(H,14,16)/t12-/m1/s1. The predicted molar refractivity (Wildman–Crippen MR) is 69.0 cm³/mol. The first-order valence-electron chi connectivity index (χ1n) is 6.45. The van der Waals surface area contributed by atoms with E-state index in [1.54, 1.807) is 11.9 Å². The fraction of sp³-hybridized carbons (Fsp3) is 0.769. The highest BCUT2D eigenvalue weighted by Crippen LogP contribution is 2.16. The van der Waals surface area contributed by atoms with E-state index in [1.807, 2.05) is 6.92 Å². The molecule has 0 heterocycles. The molecule has 0 aromatic heterocycles. The first kappa shape index (κ1) is 14.0. The minimum Gasteiger partial charge on any atom is -0.380 e. The Morgan fingerprint density at radius 2 is 2.35 bits per heavy atom. The highest BCUT2D eigenvalue weighted by molar-refractivity contribution is 5.73. The predicted octanol–water partition coefficient (Wildman–Crippen LogP) is 2.02. The molecule has 0 saturated heterocycles. The number of hydrogen-bond donors (Lipinski definition) is 1. The summed E-state index contributed by atoms with van der Waals surface area (Å²) in [6, 6.07) is -0.000689. The van der Waals surface area contributed by atoms with E-state index in [0.717, 1.165) is 19.4 Å². The van der Waals surface area contributed by atoms with Crippen LogP contribution in [0, 0.1) is 5.92 Å². The van der Waals surface area contributed by atoms with Gasteiger partial charge in [0.2, 0.25) is 0 Å². The Hall–Kier alpha value is -1.03. The van der Waals surface area contributed by atoms with Crippen LogP contribution in [0.25, 0.3) is 0 Å². The average molecular weight is 240 g/mol. The molecule has 0 aliphatic heterocycles. The van der Waals surface area contributed by atoms with Crippen LogP contribution in [0.3, 0.4) is 0 Å². The topological polar surface area (TPSA) is 41.6 Å². The Balaban J connectivity index is 2.12. The second kappa shape index (κ2) is 8.12. The van der Waals surface area contributed by atoms with E-state index in [9.17, 15) is 4.79 Å². The molecule has 0 radical (unpaired) electrons. The molecule has 98 valence electrons. The van der Waals surface area contributed by atoms with Gasteiger partial charge in [0, 0.05) is 26.7 Å². The van der Waals surface area contributed by atoms with E-state index in [2.05, 4.69) is 17.5 Å². The van der Waals surface area contributed by atoms with Crippen molar-refractivity contribution in [2.24, 2.45) is 5.92 Å². The van der Waals surface area contributed by atoms with Crippen molar-refractivity contribution < 1.29 is 9.53 Å².